The second-order valence-electron chi connectivity index (χ2n) is 4.47. The van der Waals surface area contributed by atoms with Gasteiger partial charge in [-0.1, -0.05) is 23.2 Å². The molecule has 0 atom stereocenters. The highest BCUT2D eigenvalue weighted by atomic mass is 35.5. The number of aliphatic hydroxyl groups is 1. The molecule has 1 aromatic rings. The van der Waals surface area contributed by atoms with Crippen LogP contribution in [0.3, 0.4) is 0 Å². The minimum Gasteiger partial charge on any atom is -0.394 e. The summed E-state index contributed by atoms with van der Waals surface area (Å²) in [4.78, 5) is 0.0524. The fourth-order valence-electron chi connectivity index (χ4n) is 1.88. The lowest BCUT2D eigenvalue weighted by Gasteiger charge is -2.40. The van der Waals surface area contributed by atoms with Gasteiger partial charge < -0.3 is 5.11 Å². The van der Waals surface area contributed by atoms with Crippen LogP contribution in [0.1, 0.15) is 19.3 Å². The number of halogens is 2. The van der Waals surface area contributed by atoms with Crippen LogP contribution in [0.15, 0.2) is 23.1 Å². The molecule has 1 saturated carbocycles. The first-order valence-corrected chi connectivity index (χ1v) is 7.72. The molecule has 0 spiro atoms. The molecule has 100 valence electrons. The Kier molecular flexibility index (Phi) is 3.90. The van der Waals surface area contributed by atoms with Crippen LogP contribution in [0.4, 0.5) is 0 Å². The number of aliphatic hydroxyl groups excluding tert-OH is 1. The number of hydrogen-bond acceptors (Lipinski definition) is 3. The summed E-state index contributed by atoms with van der Waals surface area (Å²) in [6, 6.07) is 4.13. The van der Waals surface area contributed by atoms with Gasteiger partial charge in [-0.2, -0.15) is 0 Å². The third kappa shape index (κ3) is 2.65. The van der Waals surface area contributed by atoms with Crippen molar-refractivity contribution in [2.75, 3.05) is 6.61 Å². The minimum atomic E-state index is -3.68. The summed E-state index contributed by atoms with van der Waals surface area (Å²) in [5, 5.41) is 9.76. The Morgan fingerprint density at radius 1 is 1.28 bits per heavy atom. The molecular weight excluding hydrogens is 297 g/mol. The quantitative estimate of drug-likeness (QED) is 0.896. The van der Waals surface area contributed by atoms with E-state index in [1.807, 2.05) is 0 Å². The highest BCUT2D eigenvalue weighted by Gasteiger charge is 2.40. The Labute approximate surface area is 116 Å². The molecular formula is C11H13Cl2NO3S. The summed E-state index contributed by atoms with van der Waals surface area (Å²) in [7, 11) is -3.68. The maximum absolute atomic E-state index is 12.1. The van der Waals surface area contributed by atoms with Gasteiger partial charge in [0, 0.05) is 0 Å². The molecule has 4 nitrogen and oxygen atoms in total. The molecule has 0 aliphatic heterocycles. The second kappa shape index (κ2) is 4.98. The van der Waals surface area contributed by atoms with E-state index in [4.69, 9.17) is 23.2 Å². The molecule has 0 amide bonds. The summed E-state index contributed by atoms with van der Waals surface area (Å²) in [6.07, 6.45) is 2.19. The van der Waals surface area contributed by atoms with E-state index in [1.54, 1.807) is 0 Å². The first-order valence-electron chi connectivity index (χ1n) is 5.48. The smallest absolute Gasteiger partial charge is 0.241 e. The number of sulfonamides is 1. The first kappa shape index (κ1) is 14.1. The van der Waals surface area contributed by atoms with E-state index >= 15 is 0 Å². The van der Waals surface area contributed by atoms with E-state index in [1.165, 1.54) is 18.2 Å². The van der Waals surface area contributed by atoms with Crippen LogP contribution in [0.25, 0.3) is 0 Å². The summed E-state index contributed by atoms with van der Waals surface area (Å²) in [5.74, 6) is 0. The highest BCUT2D eigenvalue weighted by molar-refractivity contribution is 7.89. The Morgan fingerprint density at radius 3 is 2.39 bits per heavy atom. The molecule has 1 aliphatic carbocycles. The van der Waals surface area contributed by atoms with Crippen LogP contribution in [0.5, 0.6) is 0 Å². The molecule has 0 heterocycles. The van der Waals surface area contributed by atoms with E-state index in [0.717, 1.165) is 6.42 Å². The molecule has 1 aromatic carbocycles. The van der Waals surface area contributed by atoms with Crippen LogP contribution in [-0.2, 0) is 10.0 Å². The van der Waals surface area contributed by atoms with Crippen LogP contribution in [-0.4, -0.2) is 25.7 Å². The monoisotopic (exact) mass is 309 g/mol. The lowest BCUT2D eigenvalue weighted by atomic mass is 9.78. The SMILES string of the molecule is O=S(=O)(NC1(CO)CCC1)c1ccc(Cl)c(Cl)c1. The molecule has 0 bridgehead atoms. The van der Waals surface area contributed by atoms with E-state index in [9.17, 15) is 13.5 Å². The van der Waals surface area contributed by atoms with E-state index in [0.29, 0.717) is 17.9 Å². The average molecular weight is 310 g/mol. The molecule has 0 unspecified atom stereocenters. The number of benzene rings is 1. The van der Waals surface area contributed by atoms with Crippen molar-refractivity contribution in [3.8, 4) is 0 Å². The van der Waals surface area contributed by atoms with Crippen molar-refractivity contribution in [2.24, 2.45) is 0 Å². The molecule has 0 aromatic heterocycles. The maximum atomic E-state index is 12.1. The summed E-state index contributed by atoms with van der Waals surface area (Å²) in [6.45, 7) is -0.201. The second-order valence-corrected chi connectivity index (χ2v) is 6.97. The normalized spacial score (nSPS) is 18.4. The van der Waals surface area contributed by atoms with E-state index in [2.05, 4.69) is 4.72 Å². The van der Waals surface area contributed by atoms with Gasteiger partial charge >= 0.3 is 0 Å². The van der Waals surface area contributed by atoms with Crippen molar-refractivity contribution in [1.29, 1.82) is 0 Å². The van der Waals surface area contributed by atoms with Gasteiger partial charge in [0.1, 0.15) is 0 Å². The Morgan fingerprint density at radius 2 is 1.94 bits per heavy atom. The Balaban J connectivity index is 2.28. The van der Waals surface area contributed by atoms with E-state index < -0.39 is 15.6 Å². The van der Waals surface area contributed by atoms with Crippen molar-refractivity contribution < 1.29 is 13.5 Å². The van der Waals surface area contributed by atoms with Crippen molar-refractivity contribution in [3.63, 3.8) is 0 Å². The predicted octanol–water partition coefficient (Wildman–Crippen LogP) is 2.19. The van der Waals surface area contributed by atoms with Gasteiger partial charge in [-0.3, -0.25) is 0 Å². The molecule has 2 N–H and O–H groups in total. The van der Waals surface area contributed by atoms with Gasteiger partial charge in [0.15, 0.2) is 0 Å². The van der Waals surface area contributed by atoms with Crippen LogP contribution in [0.2, 0.25) is 10.0 Å². The van der Waals surface area contributed by atoms with Gasteiger partial charge in [0.2, 0.25) is 10.0 Å². The van der Waals surface area contributed by atoms with Crippen molar-refractivity contribution in [2.45, 2.75) is 29.7 Å². The van der Waals surface area contributed by atoms with Gasteiger partial charge in [-0.15, -0.1) is 0 Å². The molecule has 7 heteroatoms. The minimum absolute atomic E-state index is 0.0524. The zero-order valence-corrected chi connectivity index (χ0v) is 11.8. The van der Waals surface area contributed by atoms with Gasteiger partial charge in [-0.05, 0) is 37.5 Å². The third-order valence-corrected chi connectivity index (χ3v) is 5.48. The van der Waals surface area contributed by atoms with Crippen LogP contribution < -0.4 is 4.72 Å². The molecule has 1 aliphatic rings. The lowest BCUT2D eigenvalue weighted by Crippen LogP contribution is -2.55. The summed E-state index contributed by atoms with van der Waals surface area (Å²) < 4.78 is 26.8. The van der Waals surface area contributed by atoms with Crippen molar-refractivity contribution >= 4 is 33.2 Å². The number of hydrogen-bond donors (Lipinski definition) is 2. The van der Waals surface area contributed by atoms with Gasteiger partial charge in [0.25, 0.3) is 0 Å². The fourth-order valence-corrected chi connectivity index (χ4v) is 3.72. The van der Waals surface area contributed by atoms with Crippen LogP contribution >= 0.6 is 23.2 Å². The predicted molar refractivity (Wildman–Crippen MR) is 70.5 cm³/mol. The Bertz CT molecular complexity index is 550. The lowest BCUT2D eigenvalue weighted by molar-refractivity contribution is 0.110. The Hall–Kier alpha value is -0.330. The van der Waals surface area contributed by atoms with Gasteiger partial charge in [0.05, 0.1) is 27.1 Å². The summed E-state index contributed by atoms with van der Waals surface area (Å²) in [5.41, 5.74) is -0.717. The van der Waals surface area contributed by atoms with E-state index in [-0.39, 0.29) is 16.5 Å². The largest absolute Gasteiger partial charge is 0.394 e. The van der Waals surface area contributed by atoms with Crippen molar-refractivity contribution in [3.05, 3.63) is 28.2 Å². The topological polar surface area (TPSA) is 66.4 Å². The van der Waals surface area contributed by atoms with Gasteiger partial charge in [-0.25, -0.2) is 13.1 Å². The van der Waals surface area contributed by atoms with Crippen molar-refractivity contribution in [1.82, 2.24) is 4.72 Å². The number of rotatable bonds is 4. The molecule has 1 fully saturated rings. The van der Waals surface area contributed by atoms with Crippen LogP contribution in [0, 0.1) is 0 Å². The highest BCUT2D eigenvalue weighted by Crippen LogP contribution is 2.33. The maximum Gasteiger partial charge on any atom is 0.241 e. The molecule has 18 heavy (non-hydrogen) atoms. The molecule has 0 radical (unpaired) electrons. The number of nitrogens with one attached hydrogen (secondary N) is 1. The molecule has 0 saturated heterocycles. The first-order chi connectivity index (χ1) is 8.38. The molecule has 2 rings (SSSR count). The average Bonchev–Trinajstić information content (AvgIpc) is 2.27. The zero-order valence-electron chi connectivity index (χ0n) is 9.49. The summed E-state index contributed by atoms with van der Waals surface area (Å²) >= 11 is 11.5. The zero-order chi connectivity index (χ0) is 13.4. The fraction of sp³-hybridized carbons (Fsp3) is 0.455. The standard InChI is InChI=1S/C11H13Cl2NO3S/c12-9-3-2-8(6-10(9)13)18(16,17)14-11(7-15)4-1-5-11/h2-3,6,14-15H,1,4-5,7H2. The third-order valence-electron chi connectivity index (χ3n) is 3.17.